The summed E-state index contributed by atoms with van der Waals surface area (Å²) in [6, 6.07) is 5.37. The smallest absolute Gasteiger partial charge is 0.243 e. The number of hydrogen-bond acceptors (Lipinski definition) is 3. The highest BCUT2D eigenvalue weighted by Crippen LogP contribution is 2.20. The molecule has 102 valence electrons. The Labute approximate surface area is 110 Å². The zero-order valence-electron chi connectivity index (χ0n) is 11.5. The third-order valence-electron chi connectivity index (χ3n) is 2.99. The minimum atomic E-state index is -3.41. The van der Waals surface area contributed by atoms with Gasteiger partial charge in [-0.1, -0.05) is 24.6 Å². The number of benzene rings is 1. The molecule has 1 atom stereocenters. The number of sulfonamides is 1. The minimum Gasteiger partial charge on any atom is -0.330 e. The van der Waals surface area contributed by atoms with E-state index in [9.17, 15) is 8.42 Å². The molecule has 0 heterocycles. The average Bonchev–Trinajstić information content (AvgIpc) is 2.28. The molecule has 0 fully saturated rings. The molecule has 0 saturated carbocycles. The van der Waals surface area contributed by atoms with E-state index in [0.29, 0.717) is 18.0 Å². The molecule has 4 nitrogen and oxygen atoms in total. The van der Waals surface area contributed by atoms with E-state index >= 15 is 0 Å². The van der Waals surface area contributed by atoms with Crippen molar-refractivity contribution in [1.82, 2.24) is 4.31 Å². The molecule has 1 aromatic rings. The van der Waals surface area contributed by atoms with Crippen molar-refractivity contribution in [2.24, 2.45) is 11.7 Å². The van der Waals surface area contributed by atoms with E-state index < -0.39 is 10.0 Å². The van der Waals surface area contributed by atoms with Crippen molar-refractivity contribution in [2.75, 3.05) is 20.1 Å². The molecule has 1 unspecified atom stereocenters. The Bertz CT molecular complexity index is 512. The number of hydrogen-bond donors (Lipinski definition) is 1. The van der Waals surface area contributed by atoms with E-state index in [2.05, 4.69) is 0 Å². The predicted molar refractivity (Wildman–Crippen MR) is 74.0 cm³/mol. The minimum absolute atomic E-state index is 0.149. The van der Waals surface area contributed by atoms with Crippen LogP contribution in [0.2, 0.25) is 0 Å². The maximum absolute atomic E-state index is 12.4. The summed E-state index contributed by atoms with van der Waals surface area (Å²) >= 11 is 0. The number of nitrogens with zero attached hydrogens (tertiary/aromatic N) is 1. The molecule has 0 bridgehead atoms. The Balaban J connectivity index is 3.06. The molecule has 0 aliphatic heterocycles. The van der Waals surface area contributed by atoms with Crippen LogP contribution in [0.25, 0.3) is 0 Å². The lowest BCUT2D eigenvalue weighted by Crippen LogP contribution is -2.33. The van der Waals surface area contributed by atoms with Gasteiger partial charge < -0.3 is 5.73 Å². The molecule has 0 saturated heterocycles. The molecule has 2 N–H and O–H groups in total. The molecule has 0 spiro atoms. The van der Waals surface area contributed by atoms with Crippen molar-refractivity contribution >= 4 is 10.0 Å². The second kappa shape index (κ2) is 5.82. The molecule has 0 aliphatic rings. The van der Waals surface area contributed by atoms with Gasteiger partial charge in [0.15, 0.2) is 0 Å². The van der Waals surface area contributed by atoms with Gasteiger partial charge in [-0.05, 0) is 37.9 Å². The SMILES string of the molecule is Cc1ccc(S(=O)(=O)N(C)CC(C)CN)c(C)c1. The molecule has 0 amide bonds. The topological polar surface area (TPSA) is 63.4 Å². The van der Waals surface area contributed by atoms with Crippen LogP contribution in [0.15, 0.2) is 23.1 Å². The summed E-state index contributed by atoms with van der Waals surface area (Å²) in [5.41, 5.74) is 7.37. The van der Waals surface area contributed by atoms with Crippen molar-refractivity contribution < 1.29 is 8.42 Å². The molecule has 5 heteroatoms. The van der Waals surface area contributed by atoms with Gasteiger partial charge >= 0.3 is 0 Å². The highest BCUT2D eigenvalue weighted by molar-refractivity contribution is 7.89. The lowest BCUT2D eigenvalue weighted by Gasteiger charge is -2.21. The molecule has 1 rings (SSSR count). The Morgan fingerprint density at radius 2 is 1.94 bits per heavy atom. The normalized spacial score (nSPS) is 13.9. The van der Waals surface area contributed by atoms with Crippen LogP contribution in [0.1, 0.15) is 18.1 Å². The van der Waals surface area contributed by atoms with Crippen LogP contribution in [0, 0.1) is 19.8 Å². The Morgan fingerprint density at radius 1 is 1.33 bits per heavy atom. The van der Waals surface area contributed by atoms with Gasteiger partial charge in [-0.3, -0.25) is 0 Å². The quantitative estimate of drug-likeness (QED) is 0.882. The zero-order valence-corrected chi connectivity index (χ0v) is 12.3. The highest BCUT2D eigenvalue weighted by Gasteiger charge is 2.23. The molecular weight excluding hydrogens is 248 g/mol. The summed E-state index contributed by atoms with van der Waals surface area (Å²) in [4.78, 5) is 0.375. The fourth-order valence-corrected chi connectivity index (χ4v) is 3.36. The predicted octanol–water partition coefficient (Wildman–Crippen LogP) is 1.52. The third-order valence-corrected chi connectivity index (χ3v) is 4.97. The lowest BCUT2D eigenvalue weighted by molar-refractivity contribution is 0.405. The standard InChI is InChI=1S/C13H22N2O2S/c1-10-5-6-13(12(3)7-10)18(16,17)15(4)9-11(2)8-14/h5-7,11H,8-9,14H2,1-4H3. The molecule has 1 aromatic carbocycles. The van der Waals surface area contributed by atoms with Crippen LogP contribution >= 0.6 is 0 Å². The average molecular weight is 270 g/mol. The first kappa shape index (κ1) is 15.1. The molecule has 18 heavy (non-hydrogen) atoms. The molecular formula is C13H22N2O2S. The van der Waals surface area contributed by atoms with Crippen LogP contribution in [0.3, 0.4) is 0 Å². The zero-order chi connectivity index (χ0) is 13.9. The summed E-state index contributed by atoms with van der Waals surface area (Å²) in [5, 5.41) is 0. The van der Waals surface area contributed by atoms with Crippen LogP contribution in [-0.2, 0) is 10.0 Å². The Hall–Kier alpha value is -0.910. The maximum atomic E-state index is 12.4. The van der Waals surface area contributed by atoms with Gasteiger partial charge in [0, 0.05) is 13.6 Å². The van der Waals surface area contributed by atoms with E-state index in [1.54, 1.807) is 13.1 Å². The first-order valence-corrected chi connectivity index (χ1v) is 7.46. The maximum Gasteiger partial charge on any atom is 0.243 e. The largest absolute Gasteiger partial charge is 0.330 e. The number of aryl methyl sites for hydroxylation is 2. The van der Waals surface area contributed by atoms with Crippen LogP contribution in [-0.4, -0.2) is 32.9 Å². The van der Waals surface area contributed by atoms with Gasteiger partial charge in [0.1, 0.15) is 0 Å². The summed E-state index contributed by atoms with van der Waals surface area (Å²) < 4.78 is 26.2. The number of nitrogens with two attached hydrogens (primary N) is 1. The van der Waals surface area contributed by atoms with E-state index in [1.807, 2.05) is 32.9 Å². The van der Waals surface area contributed by atoms with E-state index in [-0.39, 0.29) is 5.92 Å². The first-order chi connectivity index (χ1) is 8.28. The fraction of sp³-hybridized carbons (Fsp3) is 0.538. The van der Waals surface area contributed by atoms with Gasteiger partial charge in [-0.15, -0.1) is 0 Å². The van der Waals surface area contributed by atoms with Crippen LogP contribution in [0.5, 0.6) is 0 Å². The molecule has 0 aliphatic carbocycles. The van der Waals surface area contributed by atoms with Crippen molar-refractivity contribution in [3.05, 3.63) is 29.3 Å². The molecule has 0 aromatic heterocycles. The monoisotopic (exact) mass is 270 g/mol. The van der Waals surface area contributed by atoms with Crippen molar-refractivity contribution in [2.45, 2.75) is 25.7 Å². The van der Waals surface area contributed by atoms with Gasteiger partial charge in [0.2, 0.25) is 10.0 Å². The fourth-order valence-electron chi connectivity index (χ4n) is 1.87. The van der Waals surface area contributed by atoms with E-state index in [4.69, 9.17) is 5.73 Å². The van der Waals surface area contributed by atoms with Crippen molar-refractivity contribution in [1.29, 1.82) is 0 Å². The summed E-state index contributed by atoms with van der Waals surface area (Å²) in [6.07, 6.45) is 0. The second-order valence-corrected chi connectivity index (χ2v) is 6.91. The van der Waals surface area contributed by atoms with E-state index in [0.717, 1.165) is 11.1 Å². The first-order valence-electron chi connectivity index (χ1n) is 6.02. The van der Waals surface area contributed by atoms with Gasteiger partial charge in [-0.2, -0.15) is 0 Å². The van der Waals surface area contributed by atoms with Crippen molar-refractivity contribution in [3.63, 3.8) is 0 Å². The van der Waals surface area contributed by atoms with Gasteiger partial charge in [-0.25, -0.2) is 12.7 Å². The highest BCUT2D eigenvalue weighted by atomic mass is 32.2. The second-order valence-electron chi connectivity index (χ2n) is 4.90. The van der Waals surface area contributed by atoms with Gasteiger partial charge in [0.25, 0.3) is 0 Å². The summed E-state index contributed by atoms with van der Waals surface area (Å²) in [6.45, 7) is 6.62. The number of rotatable bonds is 5. The van der Waals surface area contributed by atoms with Crippen molar-refractivity contribution in [3.8, 4) is 0 Å². The third kappa shape index (κ3) is 3.31. The van der Waals surface area contributed by atoms with E-state index in [1.165, 1.54) is 4.31 Å². The summed E-state index contributed by atoms with van der Waals surface area (Å²) in [5.74, 6) is 0.149. The van der Waals surface area contributed by atoms with Crippen LogP contribution in [0.4, 0.5) is 0 Å². The van der Waals surface area contributed by atoms with Gasteiger partial charge in [0.05, 0.1) is 4.90 Å². The van der Waals surface area contributed by atoms with Crippen LogP contribution < -0.4 is 5.73 Å². The summed E-state index contributed by atoms with van der Waals surface area (Å²) in [7, 11) is -1.82. The molecule has 0 radical (unpaired) electrons. The Morgan fingerprint density at radius 3 is 2.44 bits per heavy atom. The lowest BCUT2D eigenvalue weighted by atomic mass is 10.2. The Kier molecular flexibility index (Phi) is 4.90.